The first kappa shape index (κ1) is 31.4. The molecular formula is C37H37FN2O5. The molecule has 0 bridgehead atoms. The molecule has 0 aromatic heterocycles. The maximum Gasteiger partial charge on any atom is 0.328 e. The first-order chi connectivity index (χ1) is 21.9. The number of para-hydroxylation sites is 1. The lowest BCUT2D eigenvalue weighted by Crippen LogP contribution is -2.38. The van der Waals surface area contributed by atoms with Crippen molar-refractivity contribution in [2.75, 3.05) is 30.5 Å². The van der Waals surface area contributed by atoms with Crippen LogP contribution in [0, 0.1) is 11.7 Å². The molecule has 8 heteroatoms. The summed E-state index contributed by atoms with van der Waals surface area (Å²) in [5.41, 5.74) is 3.07. The third-order valence-electron chi connectivity index (χ3n) is 8.08. The summed E-state index contributed by atoms with van der Waals surface area (Å²) < 4.78 is 24.6. The van der Waals surface area contributed by atoms with Crippen molar-refractivity contribution < 1.29 is 28.2 Å². The van der Waals surface area contributed by atoms with E-state index in [1.54, 1.807) is 47.4 Å². The predicted molar refractivity (Wildman–Crippen MR) is 172 cm³/mol. The third-order valence-corrected chi connectivity index (χ3v) is 8.08. The molecule has 1 amide bonds. The number of ether oxygens (including phenoxy) is 2. The quantitative estimate of drug-likeness (QED) is 0.132. The van der Waals surface area contributed by atoms with Gasteiger partial charge in [0, 0.05) is 34.8 Å². The third kappa shape index (κ3) is 8.15. The van der Waals surface area contributed by atoms with Crippen molar-refractivity contribution in [3.63, 3.8) is 0 Å². The van der Waals surface area contributed by atoms with Gasteiger partial charge in [0.1, 0.15) is 24.2 Å². The lowest BCUT2D eigenvalue weighted by molar-refractivity contribution is -0.141. The van der Waals surface area contributed by atoms with Gasteiger partial charge in [0.2, 0.25) is 5.91 Å². The number of nitrogens with one attached hydrogen (secondary N) is 1. The number of rotatable bonds is 13. The molecule has 1 aliphatic rings. The Labute approximate surface area is 263 Å². The Bertz CT molecular complexity index is 1590. The lowest BCUT2D eigenvalue weighted by atomic mass is 10.00. The summed E-state index contributed by atoms with van der Waals surface area (Å²) in [6.45, 7) is 0.589. The van der Waals surface area contributed by atoms with Crippen LogP contribution in [0.5, 0.6) is 5.75 Å². The normalized spacial score (nSPS) is 13.6. The molecule has 4 aromatic rings. The molecule has 4 aromatic carbocycles. The number of halogens is 1. The number of ketones is 1. The molecule has 7 nitrogen and oxygen atoms in total. The smallest absolute Gasteiger partial charge is 0.328 e. The second-order valence-electron chi connectivity index (χ2n) is 11.1. The maximum atomic E-state index is 13.6. The van der Waals surface area contributed by atoms with Gasteiger partial charge in [-0.05, 0) is 66.9 Å². The number of amides is 1. The van der Waals surface area contributed by atoms with Gasteiger partial charge in [0.05, 0.1) is 13.7 Å². The highest BCUT2D eigenvalue weighted by Gasteiger charge is 2.28. The first-order valence-electron chi connectivity index (χ1n) is 15.2. The molecule has 1 fully saturated rings. The van der Waals surface area contributed by atoms with Crippen LogP contribution in [-0.2, 0) is 20.7 Å². The average Bonchev–Trinajstić information content (AvgIpc) is 3.63. The highest BCUT2D eigenvalue weighted by Crippen LogP contribution is 2.29. The number of carbonyl (C=O) groups excluding carboxylic acids is 3. The van der Waals surface area contributed by atoms with Crippen LogP contribution >= 0.6 is 0 Å². The van der Waals surface area contributed by atoms with Crippen LogP contribution in [0.25, 0.3) is 0 Å². The molecule has 232 valence electrons. The predicted octanol–water partition coefficient (Wildman–Crippen LogP) is 6.86. The Morgan fingerprint density at radius 2 is 1.53 bits per heavy atom. The molecule has 0 saturated heterocycles. The number of hydrogen-bond acceptors (Lipinski definition) is 6. The molecule has 0 heterocycles. The van der Waals surface area contributed by atoms with E-state index in [2.05, 4.69) is 5.32 Å². The molecule has 0 unspecified atom stereocenters. The number of anilines is 2. The minimum absolute atomic E-state index is 0.0193. The number of nitrogens with zero attached hydrogens (tertiary/aromatic N) is 1. The Kier molecular flexibility index (Phi) is 10.6. The Hall–Kier alpha value is -4.98. The van der Waals surface area contributed by atoms with E-state index in [0.717, 1.165) is 31.2 Å². The summed E-state index contributed by atoms with van der Waals surface area (Å²) >= 11 is 0. The fourth-order valence-electron chi connectivity index (χ4n) is 5.67. The van der Waals surface area contributed by atoms with Gasteiger partial charge in [-0.1, -0.05) is 67.4 Å². The van der Waals surface area contributed by atoms with Gasteiger partial charge < -0.3 is 19.7 Å². The molecule has 1 aliphatic carbocycles. The largest absolute Gasteiger partial charge is 0.492 e. The molecule has 0 spiro atoms. The standard InChI is InChI=1S/C37H37FN2O5/c1-44-37(43)34(39-33-14-8-7-13-32(33)35(41)27-9-3-2-4-10-27)25-26-15-21-31(22-16-26)45-24-23-40(30-19-17-29(38)18-20-30)36(42)28-11-5-6-12-28/h2-4,7-10,13-22,28,34,39H,5-6,11-12,23-25H2,1H3/t34-/m0/s1. The van der Waals surface area contributed by atoms with Crippen molar-refractivity contribution in [2.24, 2.45) is 5.92 Å². The van der Waals surface area contributed by atoms with Crippen LogP contribution in [0.3, 0.4) is 0 Å². The molecule has 1 N–H and O–H groups in total. The number of carbonyl (C=O) groups is 3. The van der Waals surface area contributed by atoms with E-state index in [9.17, 15) is 18.8 Å². The highest BCUT2D eigenvalue weighted by molar-refractivity contribution is 6.12. The molecular weight excluding hydrogens is 571 g/mol. The van der Waals surface area contributed by atoms with Crippen molar-refractivity contribution in [3.8, 4) is 5.75 Å². The Balaban J connectivity index is 1.23. The average molecular weight is 609 g/mol. The summed E-state index contributed by atoms with van der Waals surface area (Å²) in [5, 5.41) is 3.22. The van der Waals surface area contributed by atoms with Gasteiger partial charge in [-0.25, -0.2) is 9.18 Å². The zero-order valence-electron chi connectivity index (χ0n) is 25.3. The van der Waals surface area contributed by atoms with Crippen LogP contribution in [0.4, 0.5) is 15.8 Å². The molecule has 5 rings (SSSR count). The molecule has 0 radical (unpaired) electrons. The van der Waals surface area contributed by atoms with E-state index >= 15 is 0 Å². The molecule has 45 heavy (non-hydrogen) atoms. The number of methoxy groups -OCH3 is 1. The fraction of sp³-hybridized carbons (Fsp3) is 0.270. The molecule has 0 aliphatic heterocycles. The number of esters is 1. The van der Waals surface area contributed by atoms with E-state index in [4.69, 9.17) is 9.47 Å². The van der Waals surface area contributed by atoms with Gasteiger partial charge in [-0.3, -0.25) is 9.59 Å². The van der Waals surface area contributed by atoms with Crippen molar-refractivity contribution in [2.45, 2.75) is 38.1 Å². The summed E-state index contributed by atoms with van der Waals surface area (Å²) in [6.07, 6.45) is 4.14. The van der Waals surface area contributed by atoms with Gasteiger partial charge in [0.25, 0.3) is 0 Å². The first-order valence-corrected chi connectivity index (χ1v) is 15.2. The van der Waals surface area contributed by atoms with E-state index in [-0.39, 0.29) is 30.0 Å². The topological polar surface area (TPSA) is 84.9 Å². The second kappa shape index (κ2) is 15.1. The van der Waals surface area contributed by atoms with E-state index in [1.807, 2.05) is 48.5 Å². The molecule has 1 atom stereocenters. The minimum Gasteiger partial charge on any atom is -0.492 e. The monoisotopic (exact) mass is 608 g/mol. The zero-order chi connectivity index (χ0) is 31.6. The maximum absolute atomic E-state index is 13.6. The SMILES string of the molecule is COC(=O)[C@H](Cc1ccc(OCCN(C(=O)C2CCCC2)c2ccc(F)cc2)cc1)Nc1ccccc1C(=O)c1ccccc1. The van der Waals surface area contributed by atoms with Gasteiger partial charge in [-0.15, -0.1) is 0 Å². The van der Waals surface area contributed by atoms with Gasteiger partial charge in [0.15, 0.2) is 5.78 Å². The van der Waals surface area contributed by atoms with Crippen LogP contribution < -0.4 is 15.0 Å². The van der Waals surface area contributed by atoms with Crippen LogP contribution in [0.15, 0.2) is 103 Å². The van der Waals surface area contributed by atoms with E-state index in [0.29, 0.717) is 41.2 Å². The fourth-order valence-corrected chi connectivity index (χ4v) is 5.67. The summed E-state index contributed by atoms with van der Waals surface area (Å²) in [7, 11) is 1.33. The van der Waals surface area contributed by atoms with Crippen molar-refractivity contribution in [1.82, 2.24) is 0 Å². The summed E-state index contributed by atoms with van der Waals surface area (Å²) in [5.74, 6) is -0.303. The van der Waals surface area contributed by atoms with E-state index in [1.165, 1.54) is 19.2 Å². The Morgan fingerprint density at radius 1 is 0.867 bits per heavy atom. The van der Waals surface area contributed by atoms with Crippen molar-refractivity contribution >= 4 is 29.0 Å². The van der Waals surface area contributed by atoms with Gasteiger partial charge in [-0.2, -0.15) is 0 Å². The van der Waals surface area contributed by atoms with Gasteiger partial charge >= 0.3 is 5.97 Å². The second-order valence-corrected chi connectivity index (χ2v) is 11.1. The van der Waals surface area contributed by atoms with Crippen LogP contribution in [0.1, 0.15) is 47.2 Å². The van der Waals surface area contributed by atoms with E-state index < -0.39 is 12.0 Å². The zero-order valence-corrected chi connectivity index (χ0v) is 25.3. The van der Waals surface area contributed by atoms with Crippen molar-refractivity contribution in [1.29, 1.82) is 0 Å². The highest BCUT2D eigenvalue weighted by atomic mass is 19.1. The summed E-state index contributed by atoms with van der Waals surface area (Å²) in [6, 6.07) is 28.7. The Morgan fingerprint density at radius 3 is 2.22 bits per heavy atom. The van der Waals surface area contributed by atoms with Crippen LogP contribution in [-0.4, -0.2) is 44.0 Å². The lowest BCUT2D eigenvalue weighted by Gasteiger charge is -2.26. The number of benzene rings is 4. The van der Waals surface area contributed by atoms with Crippen LogP contribution in [0.2, 0.25) is 0 Å². The minimum atomic E-state index is -0.739. The summed E-state index contributed by atoms with van der Waals surface area (Å²) in [4.78, 5) is 41.0. The molecule has 1 saturated carbocycles. The van der Waals surface area contributed by atoms with Crippen molar-refractivity contribution in [3.05, 3.63) is 126 Å². The number of hydrogen-bond donors (Lipinski definition) is 1.